The summed E-state index contributed by atoms with van der Waals surface area (Å²) in [5, 5.41) is 11.5. The van der Waals surface area contributed by atoms with Gasteiger partial charge in [-0.3, -0.25) is 10.1 Å². The minimum Gasteiger partial charge on any atom is -0.383 e. The maximum atomic E-state index is 13.3. The molecule has 202 valence electrons. The summed E-state index contributed by atoms with van der Waals surface area (Å²) in [7, 11) is 0. The predicted molar refractivity (Wildman–Crippen MR) is 137 cm³/mol. The minimum atomic E-state index is -4.53. The molecule has 0 aliphatic rings. The average molecular weight is 530 g/mol. The maximum absolute atomic E-state index is 13.3. The summed E-state index contributed by atoms with van der Waals surface area (Å²) in [5.41, 5.74) is 4.86. The van der Waals surface area contributed by atoms with E-state index in [1.165, 1.54) is 6.33 Å². The van der Waals surface area contributed by atoms with Crippen molar-refractivity contribution in [1.82, 2.24) is 24.9 Å². The molecule has 0 unspecified atom stereocenters. The molecule has 0 aliphatic carbocycles. The molecule has 1 aromatic carbocycles. The van der Waals surface area contributed by atoms with Crippen molar-refractivity contribution in [3.05, 3.63) is 47.9 Å². The molecule has 0 fully saturated rings. The van der Waals surface area contributed by atoms with Gasteiger partial charge in [0, 0.05) is 11.6 Å². The molecule has 3 heterocycles. The Labute approximate surface area is 217 Å². The molecule has 3 N–H and O–H groups in total. The topological polar surface area (TPSA) is 125 Å². The Morgan fingerprint density at radius 1 is 1.00 bits per heavy atom. The van der Waals surface area contributed by atoms with Crippen molar-refractivity contribution in [1.29, 1.82) is 0 Å². The smallest absolute Gasteiger partial charge is 0.383 e. The van der Waals surface area contributed by atoms with Gasteiger partial charge in [0.15, 0.2) is 5.65 Å². The highest BCUT2D eigenvalue weighted by molar-refractivity contribution is 5.99. The molecule has 0 spiro atoms. The number of amides is 1. The summed E-state index contributed by atoms with van der Waals surface area (Å²) in [6, 6.07) is 8.31. The fourth-order valence-corrected chi connectivity index (χ4v) is 3.86. The zero-order valence-corrected chi connectivity index (χ0v) is 22.2. The number of carbonyl (C=O) groups is 1. The van der Waals surface area contributed by atoms with Crippen molar-refractivity contribution < 1.29 is 22.5 Å². The second kappa shape index (κ2) is 8.81. The first-order valence-electron chi connectivity index (χ1n) is 11.9. The van der Waals surface area contributed by atoms with E-state index in [-0.39, 0.29) is 17.1 Å². The molecule has 4 rings (SSSR count). The van der Waals surface area contributed by atoms with Crippen LogP contribution in [0.15, 0.2) is 41.2 Å². The third-order valence-electron chi connectivity index (χ3n) is 6.67. The van der Waals surface area contributed by atoms with E-state index in [4.69, 9.17) is 15.4 Å². The summed E-state index contributed by atoms with van der Waals surface area (Å²) in [4.78, 5) is 21.6. The summed E-state index contributed by atoms with van der Waals surface area (Å²) < 4.78 is 46.8. The highest BCUT2D eigenvalue weighted by Crippen LogP contribution is 2.41. The van der Waals surface area contributed by atoms with Gasteiger partial charge >= 0.3 is 6.18 Å². The van der Waals surface area contributed by atoms with Crippen molar-refractivity contribution >= 4 is 28.6 Å². The molecule has 0 atom stereocenters. The standard InChI is InChI=1S/C26H30F3N7O2/c1-23(2,3)36-21-18(20(30)31-13-32-21)19(34-36)14-8-10-15(11-9-14)24(4,5)22(37)33-17-12-16(35-38-17)25(6,7)26(27,28)29/h8-13H,1-7H3,(H,33,37)(H2,30,31,32). The quantitative estimate of drug-likeness (QED) is 0.346. The number of nitrogens with two attached hydrogens (primary N) is 1. The van der Waals surface area contributed by atoms with E-state index in [0.29, 0.717) is 28.1 Å². The number of hydrogen-bond acceptors (Lipinski definition) is 7. The molecule has 38 heavy (non-hydrogen) atoms. The van der Waals surface area contributed by atoms with Gasteiger partial charge in [0.2, 0.25) is 11.8 Å². The van der Waals surface area contributed by atoms with Gasteiger partial charge in [0.05, 0.1) is 16.3 Å². The molecule has 0 aliphatic heterocycles. The lowest BCUT2D eigenvalue weighted by molar-refractivity contribution is -0.181. The lowest BCUT2D eigenvalue weighted by Gasteiger charge is -2.24. The molecule has 12 heteroatoms. The molecule has 0 saturated heterocycles. The summed E-state index contributed by atoms with van der Waals surface area (Å²) >= 11 is 0. The van der Waals surface area contributed by atoms with Crippen molar-refractivity contribution in [2.45, 2.75) is 71.0 Å². The van der Waals surface area contributed by atoms with Gasteiger partial charge in [-0.1, -0.05) is 29.4 Å². The molecule has 0 saturated carbocycles. The van der Waals surface area contributed by atoms with Gasteiger partial charge in [0.1, 0.15) is 28.9 Å². The molecule has 1 amide bonds. The van der Waals surface area contributed by atoms with Gasteiger partial charge in [0.25, 0.3) is 0 Å². The first kappa shape index (κ1) is 27.1. The minimum absolute atomic E-state index is 0.165. The lowest BCUT2D eigenvalue weighted by Crippen LogP contribution is -2.36. The summed E-state index contributed by atoms with van der Waals surface area (Å²) in [5.74, 6) is -0.330. The monoisotopic (exact) mass is 529 g/mol. The van der Waals surface area contributed by atoms with Crippen LogP contribution >= 0.6 is 0 Å². The first-order chi connectivity index (χ1) is 17.4. The van der Waals surface area contributed by atoms with Crippen molar-refractivity contribution in [3.8, 4) is 11.3 Å². The van der Waals surface area contributed by atoms with Crippen LogP contribution in [0.3, 0.4) is 0 Å². The zero-order valence-electron chi connectivity index (χ0n) is 22.2. The number of nitrogens with one attached hydrogen (secondary N) is 1. The Morgan fingerprint density at radius 3 is 2.21 bits per heavy atom. The van der Waals surface area contributed by atoms with Crippen LogP contribution in [0.5, 0.6) is 0 Å². The summed E-state index contributed by atoms with van der Waals surface area (Å²) in [6.07, 6.45) is -3.13. The number of halogens is 3. The largest absolute Gasteiger partial charge is 0.399 e. The van der Waals surface area contributed by atoms with Crippen LogP contribution in [-0.2, 0) is 21.2 Å². The lowest BCUT2D eigenvalue weighted by atomic mass is 9.83. The highest BCUT2D eigenvalue weighted by Gasteiger charge is 2.50. The SMILES string of the molecule is CC(C)(C(=O)Nc1cc(C(C)(C)C(F)(F)F)no1)c1ccc(-c2nn(C(C)(C)C)c3ncnc(N)c23)cc1. The van der Waals surface area contributed by atoms with Crippen molar-refractivity contribution in [2.75, 3.05) is 11.1 Å². The Morgan fingerprint density at radius 2 is 1.63 bits per heavy atom. The Kier molecular flexibility index (Phi) is 6.28. The van der Waals surface area contributed by atoms with Gasteiger partial charge in [-0.25, -0.2) is 14.6 Å². The first-order valence-corrected chi connectivity index (χ1v) is 11.9. The molecule has 0 bridgehead atoms. The molecule has 9 nitrogen and oxygen atoms in total. The van der Waals surface area contributed by atoms with Crippen LogP contribution in [0.2, 0.25) is 0 Å². The molecular formula is C26H30F3N7O2. The van der Waals surface area contributed by atoms with Crippen molar-refractivity contribution in [3.63, 3.8) is 0 Å². The van der Waals surface area contributed by atoms with E-state index in [0.717, 1.165) is 25.5 Å². The average Bonchev–Trinajstić information content (AvgIpc) is 3.44. The van der Waals surface area contributed by atoms with Crippen LogP contribution in [0, 0.1) is 0 Å². The van der Waals surface area contributed by atoms with Gasteiger partial charge in [-0.2, -0.15) is 18.3 Å². The van der Waals surface area contributed by atoms with E-state index in [2.05, 4.69) is 20.4 Å². The number of aromatic nitrogens is 5. The fourth-order valence-electron chi connectivity index (χ4n) is 3.86. The third kappa shape index (κ3) is 4.59. The predicted octanol–water partition coefficient (Wildman–Crippen LogP) is 5.57. The highest BCUT2D eigenvalue weighted by atomic mass is 19.4. The van der Waals surface area contributed by atoms with E-state index in [1.54, 1.807) is 30.7 Å². The molecular weight excluding hydrogens is 499 g/mol. The van der Waals surface area contributed by atoms with E-state index in [9.17, 15) is 18.0 Å². The second-order valence-corrected chi connectivity index (χ2v) is 11.2. The number of rotatable bonds is 5. The van der Waals surface area contributed by atoms with Crippen LogP contribution in [-0.4, -0.2) is 37.0 Å². The Balaban J connectivity index is 1.61. The molecule has 4 aromatic rings. The normalized spacial score (nSPS) is 13.2. The number of carbonyl (C=O) groups excluding carboxylic acids is 1. The van der Waals surface area contributed by atoms with E-state index >= 15 is 0 Å². The van der Waals surface area contributed by atoms with Crippen molar-refractivity contribution in [2.24, 2.45) is 0 Å². The van der Waals surface area contributed by atoms with Gasteiger partial charge < -0.3 is 10.3 Å². The van der Waals surface area contributed by atoms with Gasteiger partial charge in [-0.15, -0.1) is 0 Å². The maximum Gasteiger partial charge on any atom is 0.399 e. The number of fused-ring (bicyclic) bond motifs is 1. The third-order valence-corrected chi connectivity index (χ3v) is 6.67. The van der Waals surface area contributed by atoms with Gasteiger partial charge in [-0.05, 0) is 54.0 Å². The zero-order chi connectivity index (χ0) is 28.3. The Hall–Kier alpha value is -3.96. The molecule has 3 aromatic heterocycles. The molecule has 0 radical (unpaired) electrons. The number of benzene rings is 1. The van der Waals surface area contributed by atoms with Crippen LogP contribution in [0.4, 0.5) is 24.9 Å². The van der Waals surface area contributed by atoms with E-state index in [1.807, 2.05) is 32.9 Å². The number of hydrogen-bond donors (Lipinski definition) is 2. The van der Waals surface area contributed by atoms with Crippen LogP contribution in [0.25, 0.3) is 22.3 Å². The number of nitrogens with zero attached hydrogens (tertiary/aromatic N) is 5. The second-order valence-electron chi connectivity index (χ2n) is 11.2. The summed E-state index contributed by atoms with van der Waals surface area (Å²) in [6.45, 7) is 11.4. The number of alkyl halides is 3. The number of anilines is 2. The number of nitrogen functional groups attached to an aromatic ring is 1. The fraction of sp³-hybridized carbons (Fsp3) is 0.423. The Bertz CT molecular complexity index is 1490. The van der Waals surface area contributed by atoms with Crippen LogP contribution in [0.1, 0.15) is 59.7 Å². The van der Waals surface area contributed by atoms with E-state index < -0.39 is 22.9 Å². The van der Waals surface area contributed by atoms with Crippen LogP contribution < -0.4 is 11.1 Å².